The molecule has 0 unspecified atom stereocenters. The molecule has 0 atom stereocenters. The van der Waals surface area contributed by atoms with Crippen molar-refractivity contribution in [3.63, 3.8) is 0 Å². The van der Waals surface area contributed by atoms with Crippen LogP contribution in [0.2, 0.25) is 0 Å². The van der Waals surface area contributed by atoms with E-state index >= 15 is 0 Å². The van der Waals surface area contributed by atoms with Crippen LogP contribution in [0.4, 0.5) is 4.79 Å². The molecule has 0 aromatic heterocycles. The first kappa shape index (κ1) is 24.7. The maximum absolute atomic E-state index is 13.5. The Morgan fingerprint density at radius 2 is 1.76 bits per heavy atom. The zero-order valence-electron chi connectivity index (χ0n) is 20.8. The highest BCUT2D eigenvalue weighted by Crippen LogP contribution is 2.49. The Bertz CT molecular complexity index is 890. The summed E-state index contributed by atoms with van der Waals surface area (Å²) in [6.45, 7) is 4.64. The third kappa shape index (κ3) is 4.72. The zero-order chi connectivity index (χ0) is 24.3. The Labute approximate surface area is 203 Å². The molecule has 2 aliphatic carbocycles. The monoisotopic (exact) mass is 468 g/mol. The highest BCUT2D eigenvalue weighted by Gasteiger charge is 2.55. The summed E-state index contributed by atoms with van der Waals surface area (Å²) in [5, 5.41) is 0. The molecule has 0 bridgehead atoms. The van der Waals surface area contributed by atoms with Crippen LogP contribution in [0, 0.1) is 5.92 Å². The second-order valence-electron chi connectivity index (χ2n) is 10.7. The first-order chi connectivity index (χ1) is 16.3. The summed E-state index contributed by atoms with van der Waals surface area (Å²) in [4.78, 5) is 43.5. The van der Waals surface area contributed by atoms with Gasteiger partial charge in [-0.15, -0.1) is 0 Å². The molecule has 1 aliphatic heterocycles. The number of carbonyl (C=O) groups excluding carboxylic acids is 3. The number of nitrogens with two attached hydrogens (primary N) is 1. The van der Waals surface area contributed by atoms with Crippen molar-refractivity contribution in [2.24, 2.45) is 11.7 Å². The van der Waals surface area contributed by atoms with Crippen molar-refractivity contribution >= 4 is 17.7 Å². The van der Waals surface area contributed by atoms with Crippen LogP contribution in [0.1, 0.15) is 70.3 Å². The molecule has 4 rings (SSSR count). The molecule has 1 saturated heterocycles. The predicted octanol–water partition coefficient (Wildman–Crippen LogP) is 3.52. The van der Waals surface area contributed by atoms with E-state index in [0.29, 0.717) is 12.5 Å². The number of nitrogens with zero attached hydrogens (tertiary/aromatic N) is 3. The minimum absolute atomic E-state index is 0.00428. The van der Waals surface area contributed by atoms with Crippen LogP contribution in [0.25, 0.3) is 0 Å². The first-order valence-corrected chi connectivity index (χ1v) is 12.9. The zero-order valence-corrected chi connectivity index (χ0v) is 20.8. The van der Waals surface area contributed by atoms with E-state index < -0.39 is 5.91 Å². The summed E-state index contributed by atoms with van der Waals surface area (Å²) < 4.78 is 0. The molecular weight excluding hydrogens is 428 g/mol. The fourth-order valence-electron chi connectivity index (χ4n) is 6.26. The molecule has 186 valence electrons. The first-order valence-electron chi connectivity index (χ1n) is 12.9. The lowest BCUT2D eigenvalue weighted by Crippen LogP contribution is -2.57. The average molecular weight is 469 g/mol. The summed E-state index contributed by atoms with van der Waals surface area (Å²) in [6.07, 6.45) is 7.58. The molecule has 2 N–H and O–H groups in total. The maximum Gasteiger partial charge on any atom is 0.321 e. The standard InChI is InChI=1S/C27H40N4O3/c1-3-29(2)27(22-10-5-4-6-11-22)16-14-26(15-17-27)20-30(19-23(32)12-13-24(28)33)25(34)31(26)18-21-8-7-9-21/h4-6,10-11,21H,3,7-9,12-20H2,1-2H3,(H2,28,33). The van der Waals surface area contributed by atoms with Crippen LogP contribution < -0.4 is 5.73 Å². The minimum atomic E-state index is -0.478. The Balaban J connectivity index is 1.54. The molecule has 0 radical (unpaired) electrons. The van der Waals surface area contributed by atoms with E-state index in [0.717, 1.165) is 38.8 Å². The third-order valence-electron chi connectivity index (χ3n) is 8.77. The number of hydrogen-bond acceptors (Lipinski definition) is 4. The van der Waals surface area contributed by atoms with Gasteiger partial charge in [-0.25, -0.2) is 4.79 Å². The van der Waals surface area contributed by atoms with Crippen LogP contribution in [0.5, 0.6) is 0 Å². The van der Waals surface area contributed by atoms with Gasteiger partial charge in [0.25, 0.3) is 0 Å². The van der Waals surface area contributed by atoms with Crippen LogP contribution in [-0.2, 0) is 15.1 Å². The van der Waals surface area contributed by atoms with E-state index in [1.165, 1.54) is 24.8 Å². The fraction of sp³-hybridized carbons (Fsp3) is 0.667. The Kier molecular flexibility index (Phi) is 7.31. The van der Waals surface area contributed by atoms with Gasteiger partial charge in [-0.3, -0.25) is 14.5 Å². The van der Waals surface area contributed by atoms with Gasteiger partial charge in [-0.05, 0) is 63.6 Å². The molecule has 2 saturated carbocycles. The Morgan fingerprint density at radius 3 is 2.32 bits per heavy atom. The molecule has 3 aliphatic rings. The number of carbonyl (C=O) groups is 3. The predicted molar refractivity (Wildman–Crippen MR) is 132 cm³/mol. The number of urea groups is 1. The normalized spacial score (nSPS) is 27.4. The topological polar surface area (TPSA) is 87.0 Å². The molecule has 7 nitrogen and oxygen atoms in total. The van der Waals surface area contributed by atoms with E-state index in [-0.39, 0.29) is 42.3 Å². The molecule has 1 aromatic rings. The second-order valence-corrected chi connectivity index (χ2v) is 10.7. The van der Waals surface area contributed by atoms with Crippen molar-refractivity contribution in [3.05, 3.63) is 35.9 Å². The molecule has 1 spiro atoms. The van der Waals surface area contributed by atoms with E-state index in [4.69, 9.17) is 5.73 Å². The van der Waals surface area contributed by atoms with Crippen molar-refractivity contribution in [1.82, 2.24) is 14.7 Å². The van der Waals surface area contributed by atoms with Gasteiger partial charge in [-0.2, -0.15) is 0 Å². The summed E-state index contributed by atoms with van der Waals surface area (Å²) in [6, 6.07) is 10.8. The van der Waals surface area contributed by atoms with Gasteiger partial charge in [0.15, 0.2) is 5.78 Å². The van der Waals surface area contributed by atoms with Crippen LogP contribution in [0.3, 0.4) is 0 Å². The van der Waals surface area contributed by atoms with Gasteiger partial charge in [0, 0.05) is 31.5 Å². The average Bonchev–Trinajstić information content (AvgIpc) is 3.05. The fourth-order valence-corrected chi connectivity index (χ4v) is 6.26. The van der Waals surface area contributed by atoms with Gasteiger partial charge in [0.1, 0.15) is 0 Å². The number of benzene rings is 1. The number of primary amides is 1. The van der Waals surface area contributed by atoms with Gasteiger partial charge in [0.2, 0.25) is 5.91 Å². The lowest BCUT2D eigenvalue weighted by molar-refractivity contribution is -0.124. The highest BCUT2D eigenvalue weighted by atomic mass is 16.2. The van der Waals surface area contributed by atoms with Crippen LogP contribution in [-0.4, -0.2) is 71.2 Å². The van der Waals surface area contributed by atoms with E-state index in [2.05, 4.69) is 54.1 Å². The Morgan fingerprint density at radius 1 is 1.09 bits per heavy atom. The molecule has 3 fully saturated rings. The van der Waals surface area contributed by atoms with Crippen molar-refractivity contribution in [1.29, 1.82) is 0 Å². The van der Waals surface area contributed by atoms with Crippen molar-refractivity contribution in [2.75, 3.05) is 33.2 Å². The number of ketones is 1. The van der Waals surface area contributed by atoms with Crippen molar-refractivity contribution in [3.8, 4) is 0 Å². The molecule has 3 amide bonds. The Hall–Kier alpha value is -2.41. The molecule has 1 heterocycles. The number of Topliss-reactive ketones (excluding diaryl/α,β-unsaturated/α-hetero) is 1. The van der Waals surface area contributed by atoms with Gasteiger partial charge >= 0.3 is 6.03 Å². The summed E-state index contributed by atoms with van der Waals surface area (Å²) in [5.41, 5.74) is 6.31. The smallest absolute Gasteiger partial charge is 0.321 e. The SMILES string of the molecule is CCN(C)C1(c2ccccc2)CCC2(CC1)CN(CC(=O)CCC(N)=O)C(=O)N2CC1CCC1. The molecule has 34 heavy (non-hydrogen) atoms. The quantitative estimate of drug-likeness (QED) is 0.569. The number of amides is 3. The van der Waals surface area contributed by atoms with E-state index in [1.54, 1.807) is 4.90 Å². The lowest BCUT2D eigenvalue weighted by atomic mass is 9.68. The number of hydrogen-bond donors (Lipinski definition) is 1. The lowest BCUT2D eigenvalue weighted by Gasteiger charge is -2.52. The largest absolute Gasteiger partial charge is 0.370 e. The van der Waals surface area contributed by atoms with Gasteiger partial charge in [-0.1, -0.05) is 43.7 Å². The van der Waals surface area contributed by atoms with Crippen molar-refractivity contribution in [2.45, 2.75) is 75.8 Å². The van der Waals surface area contributed by atoms with E-state index in [1.807, 2.05) is 0 Å². The van der Waals surface area contributed by atoms with E-state index in [9.17, 15) is 14.4 Å². The third-order valence-corrected chi connectivity index (χ3v) is 8.77. The molecular formula is C27H40N4O3. The number of rotatable bonds is 10. The summed E-state index contributed by atoms with van der Waals surface area (Å²) >= 11 is 0. The van der Waals surface area contributed by atoms with Gasteiger partial charge < -0.3 is 15.5 Å². The van der Waals surface area contributed by atoms with Crippen LogP contribution in [0.15, 0.2) is 30.3 Å². The van der Waals surface area contributed by atoms with Crippen molar-refractivity contribution < 1.29 is 14.4 Å². The molecule has 7 heteroatoms. The second kappa shape index (κ2) is 10.1. The highest BCUT2D eigenvalue weighted by molar-refractivity contribution is 5.89. The summed E-state index contributed by atoms with van der Waals surface area (Å²) in [5.74, 6) is 0.00664. The van der Waals surface area contributed by atoms with Crippen LogP contribution >= 0.6 is 0 Å². The minimum Gasteiger partial charge on any atom is -0.370 e. The maximum atomic E-state index is 13.5. The summed E-state index contributed by atoms with van der Waals surface area (Å²) in [7, 11) is 2.21. The van der Waals surface area contributed by atoms with Gasteiger partial charge in [0.05, 0.1) is 12.1 Å². The molecule has 1 aromatic carbocycles.